The molecule has 1 amide bonds. The van der Waals surface area contributed by atoms with Crippen molar-refractivity contribution in [2.45, 2.75) is 26.1 Å². The van der Waals surface area contributed by atoms with Crippen molar-refractivity contribution in [2.75, 3.05) is 25.0 Å². The van der Waals surface area contributed by atoms with Crippen LogP contribution in [-0.4, -0.2) is 42.6 Å². The van der Waals surface area contributed by atoms with Gasteiger partial charge in [-0.3, -0.25) is 9.69 Å². The Labute approximate surface area is 116 Å². The van der Waals surface area contributed by atoms with E-state index in [0.29, 0.717) is 17.1 Å². The number of nitrogens with zero attached hydrogens (tertiary/aromatic N) is 2. The smallest absolute Gasteiger partial charge is 0.239 e. The molecular formula is C13H17N3O2S. The first-order chi connectivity index (χ1) is 9.08. The largest absolute Gasteiger partial charge is 0.373 e. The van der Waals surface area contributed by atoms with E-state index in [2.05, 4.69) is 16.3 Å². The summed E-state index contributed by atoms with van der Waals surface area (Å²) in [5.74, 6) is -0.0831. The van der Waals surface area contributed by atoms with Gasteiger partial charge >= 0.3 is 0 Å². The molecule has 0 aliphatic carbocycles. The molecule has 0 aromatic carbocycles. The van der Waals surface area contributed by atoms with Crippen molar-refractivity contribution in [1.29, 1.82) is 5.26 Å². The van der Waals surface area contributed by atoms with E-state index >= 15 is 0 Å². The highest BCUT2D eigenvalue weighted by atomic mass is 32.1. The van der Waals surface area contributed by atoms with Crippen LogP contribution in [0.4, 0.5) is 5.00 Å². The molecule has 5 nitrogen and oxygen atoms in total. The Morgan fingerprint density at radius 1 is 1.58 bits per heavy atom. The monoisotopic (exact) mass is 279 g/mol. The molecule has 1 aromatic heterocycles. The van der Waals surface area contributed by atoms with Crippen LogP contribution in [0.25, 0.3) is 0 Å². The molecule has 1 aliphatic rings. The van der Waals surface area contributed by atoms with Gasteiger partial charge in [-0.25, -0.2) is 0 Å². The number of morpholine rings is 1. The number of hydrogen-bond acceptors (Lipinski definition) is 5. The summed E-state index contributed by atoms with van der Waals surface area (Å²) in [4.78, 5) is 14.0. The zero-order valence-corrected chi connectivity index (χ0v) is 11.9. The molecule has 1 N–H and O–H groups in total. The lowest BCUT2D eigenvalue weighted by molar-refractivity contribution is -0.121. The van der Waals surface area contributed by atoms with Gasteiger partial charge in [-0.1, -0.05) is 0 Å². The van der Waals surface area contributed by atoms with E-state index in [4.69, 9.17) is 10.00 Å². The lowest BCUT2D eigenvalue weighted by atomic mass is 10.2. The van der Waals surface area contributed by atoms with Crippen LogP contribution in [-0.2, 0) is 9.53 Å². The minimum absolute atomic E-state index is 0.0831. The number of nitrogens with one attached hydrogen (secondary N) is 1. The van der Waals surface area contributed by atoms with Gasteiger partial charge in [0, 0.05) is 13.1 Å². The highest BCUT2D eigenvalue weighted by Gasteiger charge is 2.23. The summed E-state index contributed by atoms with van der Waals surface area (Å²) < 4.78 is 5.63. The predicted octanol–water partition coefficient (Wildman–Crippen LogP) is 1.67. The highest BCUT2D eigenvalue weighted by molar-refractivity contribution is 7.14. The first kappa shape index (κ1) is 14.0. The first-order valence-electron chi connectivity index (χ1n) is 6.23. The van der Waals surface area contributed by atoms with E-state index in [9.17, 15) is 4.79 Å². The standard InChI is InChI=1S/C13H17N3O2S/c1-9-6-16(7-10(2)18-9)8-12(17)15-13-11(5-14)3-4-19-13/h3-4,9-10H,6-8H2,1-2H3,(H,15,17)/t9-,10+. The molecule has 1 aliphatic heterocycles. The molecule has 0 unspecified atom stereocenters. The molecule has 0 bridgehead atoms. The number of thiophene rings is 1. The maximum atomic E-state index is 12.0. The fourth-order valence-electron chi connectivity index (χ4n) is 2.28. The summed E-state index contributed by atoms with van der Waals surface area (Å²) in [5.41, 5.74) is 0.516. The first-order valence-corrected chi connectivity index (χ1v) is 7.11. The third kappa shape index (κ3) is 3.77. The molecule has 6 heteroatoms. The molecule has 19 heavy (non-hydrogen) atoms. The van der Waals surface area contributed by atoms with Gasteiger partial charge in [-0.15, -0.1) is 11.3 Å². The second kappa shape index (κ2) is 6.15. The lowest BCUT2D eigenvalue weighted by Crippen LogP contribution is -2.48. The second-order valence-electron chi connectivity index (χ2n) is 4.77. The number of carbonyl (C=O) groups is 1. The van der Waals surface area contributed by atoms with Crippen molar-refractivity contribution in [3.63, 3.8) is 0 Å². The SMILES string of the molecule is C[C@@H]1CN(CC(=O)Nc2sccc2C#N)C[C@H](C)O1. The summed E-state index contributed by atoms with van der Waals surface area (Å²) in [7, 11) is 0. The van der Waals surface area contributed by atoms with Gasteiger partial charge in [0.05, 0.1) is 24.3 Å². The quantitative estimate of drug-likeness (QED) is 0.914. The van der Waals surface area contributed by atoms with Crippen molar-refractivity contribution in [3.05, 3.63) is 17.0 Å². The minimum atomic E-state index is -0.0831. The summed E-state index contributed by atoms with van der Waals surface area (Å²) in [6.45, 7) is 5.86. The Balaban J connectivity index is 1.89. The van der Waals surface area contributed by atoms with E-state index in [1.807, 2.05) is 13.8 Å². The number of rotatable bonds is 3. The molecular weight excluding hydrogens is 262 g/mol. The summed E-state index contributed by atoms with van der Waals surface area (Å²) >= 11 is 1.37. The molecule has 1 saturated heterocycles. The number of nitriles is 1. The maximum absolute atomic E-state index is 12.0. The molecule has 0 radical (unpaired) electrons. The number of amides is 1. The van der Waals surface area contributed by atoms with Crippen LogP contribution in [0.2, 0.25) is 0 Å². The average molecular weight is 279 g/mol. The Bertz CT molecular complexity index is 484. The molecule has 0 spiro atoms. The van der Waals surface area contributed by atoms with Crippen LogP contribution in [0.15, 0.2) is 11.4 Å². The Kier molecular flexibility index (Phi) is 4.53. The van der Waals surface area contributed by atoms with Crippen LogP contribution in [0.1, 0.15) is 19.4 Å². The van der Waals surface area contributed by atoms with Gasteiger partial charge in [0.25, 0.3) is 0 Å². The summed E-state index contributed by atoms with van der Waals surface area (Å²) in [5, 5.41) is 14.1. The van der Waals surface area contributed by atoms with Crippen LogP contribution < -0.4 is 5.32 Å². The van der Waals surface area contributed by atoms with Gasteiger partial charge in [-0.05, 0) is 25.3 Å². The molecule has 102 valence electrons. The summed E-state index contributed by atoms with van der Waals surface area (Å²) in [6, 6.07) is 3.77. The molecule has 0 saturated carbocycles. The van der Waals surface area contributed by atoms with E-state index in [-0.39, 0.29) is 18.1 Å². The fourth-order valence-corrected chi connectivity index (χ4v) is 3.03. The van der Waals surface area contributed by atoms with Crippen LogP contribution >= 0.6 is 11.3 Å². The van der Waals surface area contributed by atoms with E-state index in [0.717, 1.165) is 13.1 Å². The van der Waals surface area contributed by atoms with Crippen molar-refractivity contribution in [2.24, 2.45) is 0 Å². The van der Waals surface area contributed by atoms with Gasteiger partial charge in [0.2, 0.25) is 5.91 Å². The zero-order valence-electron chi connectivity index (χ0n) is 11.0. The maximum Gasteiger partial charge on any atom is 0.239 e. The van der Waals surface area contributed by atoms with Crippen molar-refractivity contribution < 1.29 is 9.53 Å². The van der Waals surface area contributed by atoms with Gasteiger partial charge in [-0.2, -0.15) is 5.26 Å². The second-order valence-corrected chi connectivity index (χ2v) is 5.69. The Morgan fingerprint density at radius 2 is 2.26 bits per heavy atom. The third-order valence-corrected chi connectivity index (χ3v) is 3.73. The van der Waals surface area contributed by atoms with E-state index < -0.39 is 0 Å². The zero-order chi connectivity index (χ0) is 13.8. The third-order valence-electron chi connectivity index (χ3n) is 2.90. The van der Waals surface area contributed by atoms with Gasteiger partial charge in [0.15, 0.2) is 0 Å². The van der Waals surface area contributed by atoms with E-state index in [1.54, 1.807) is 11.4 Å². The normalized spacial score (nSPS) is 23.8. The molecule has 1 fully saturated rings. The number of carbonyl (C=O) groups excluding carboxylic acids is 1. The Hall–Kier alpha value is -1.42. The van der Waals surface area contributed by atoms with Crippen molar-refractivity contribution >= 4 is 22.2 Å². The average Bonchev–Trinajstić information content (AvgIpc) is 2.74. The van der Waals surface area contributed by atoms with Gasteiger partial charge in [0.1, 0.15) is 11.1 Å². The topological polar surface area (TPSA) is 65.4 Å². The number of hydrogen-bond donors (Lipinski definition) is 1. The summed E-state index contributed by atoms with van der Waals surface area (Å²) in [6.07, 6.45) is 0.293. The molecule has 2 rings (SSSR count). The Morgan fingerprint density at radius 3 is 2.89 bits per heavy atom. The number of ether oxygens (including phenoxy) is 1. The highest BCUT2D eigenvalue weighted by Crippen LogP contribution is 2.22. The number of anilines is 1. The molecule has 1 aromatic rings. The fraction of sp³-hybridized carbons (Fsp3) is 0.538. The molecule has 2 atom stereocenters. The van der Waals surface area contributed by atoms with Crippen molar-refractivity contribution in [3.8, 4) is 6.07 Å². The lowest BCUT2D eigenvalue weighted by Gasteiger charge is -2.34. The van der Waals surface area contributed by atoms with Gasteiger partial charge < -0.3 is 10.1 Å². The van der Waals surface area contributed by atoms with Crippen LogP contribution in [0.3, 0.4) is 0 Å². The minimum Gasteiger partial charge on any atom is -0.373 e. The van der Waals surface area contributed by atoms with E-state index in [1.165, 1.54) is 11.3 Å². The predicted molar refractivity (Wildman–Crippen MR) is 74.1 cm³/mol. The van der Waals surface area contributed by atoms with Crippen LogP contribution in [0, 0.1) is 11.3 Å². The van der Waals surface area contributed by atoms with Crippen molar-refractivity contribution in [1.82, 2.24) is 4.90 Å². The van der Waals surface area contributed by atoms with Crippen LogP contribution in [0.5, 0.6) is 0 Å². The molecule has 2 heterocycles.